The molecule has 1 aliphatic heterocycles. The fraction of sp³-hybridized carbons (Fsp3) is 0.375. The number of nitrogens with zero attached hydrogens (tertiary/aromatic N) is 1. The van der Waals surface area contributed by atoms with Crippen LogP contribution in [0.5, 0.6) is 5.75 Å². The highest BCUT2D eigenvalue weighted by Crippen LogP contribution is 2.29. The first-order valence-corrected chi connectivity index (χ1v) is 6.84. The van der Waals surface area contributed by atoms with Gasteiger partial charge in [-0.15, -0.1) is 0 Å². The molecule has 3 rings (SSSR count). The number of piperidine rings is 1. The number of phenolic OH excluding ortho intramolecular Hbond substituents is 1. The van der Waals surface area contributed by atoms with Gasteiger partial charge >= 0.3 is 0 Å². The molecule has 0 aromatic heterocycles. The van der Waals surface area contributed by atoms with Crippen molar-refractivity contribution in [3.8, 4) is 5.75 Å². The van der Waals surface area contributed by atoms with Crippen molar-refractivity contribution in [1.82, 2.24) is 4.90 Å². The number of fused-ring (bicyclic) bond motifs is 1. The van der Waals surface area contributed by atoms with Gasteiger partial charge < -0.3 is 10.2 Å². The Labute approximate surface area is 113 Å². The standard InChI is InChI=1S/C16H19NO2/c18-13-5-3-9-17(10-13)11-15-14-6-2-1-4-12(14)7-8-16(15)19/h1-2,4,6-8,13,18-19H,3,5,9-11H2. The largest absolute Gasteiger partial charge is 0.508 e. The van der Waals surface area contributed by atoms with E-state index in [1.165, 1.54) is 0 Å². The van der Waals surface area contributed by atoms with Crippen LogP contribution in [-0.2, 0) is 6.54 Å². The zero-order valence-electron chi connectivity index (χ0n) is 10.9. The van der Waals surface area contributed by atoms with Crippen LogP contribution in [0.4, 0.5) is 0 Å². The molecule has 0 spiro atoms. The Balaban J connectivity index is 1.93. The second-order valence-corrected chi connectivity index (χ2v) is 5.32. The molecule has 2 N–H and O–H groups in total. The first-order chi connectivity index (χ1) is 9.24. The minimum absolute atomic E-state index is 0.231. The second-order valence-electron chi connectivity index (χ2n) is 5.32. The number of hydrogen-bond donors (Lipinski definition) is 2. The lowest BCUT2D eigenvalue weighted by atomic mass is 10.0. The third-order valence-corrected chi connectivity index (χ3v) is 3.88. The van der Waals surface area contributed by atoms with Gasteiger partial charge in [-0.3, -0.25) is 4.90 Å². The number of hydrogen-bond acceptors (Lipinski definition) is 3. The summed E-state index contributed by atoms with van der Waals surface area (Å²) in [6, 6.07) is 11.8. The van der Waals surface area contributed by atoms with Crippen molar-refractivity contribution in [3.05, 3.63) is 42.0 Å². The van der Waals surface area contributed by atoms with E-state index < -0.39 is 0 Å². The minimum atomic E-state index is -0.231. The van der Waals surface area contributed by atoms with Gasteiger partial charge in [0.1, 0.15) is 5.75 Å². The number of likely N-dealkylation sites (tertiary alicyclic amines) is 1. The van der Waals surface area contributed by atoms with Crippen LogP contribution in [0, 0.1) is 0 Å². The number of β-amino-alcohol motifs (C(OH)–C–C–N with tert-alkyl or cyclic N) is 1. The molecule has 0 bridgehead atoms. The van der Waals surface area contributed by atoms with Crippen molar-refractivity contribution in [1.29, 1.82) is 0 Å². The molecule has 1 unspecified atom stereocenters. The van der Waals surface area contributed by atoms with Crippen molar-refractivity contribution in [2.75, 3.05) is 13.1 Å². The lowest BCUT2D eigenvalue weighted by Crippen LogP contribution is -2.37. The third kappa shape index (κ3) is 2.57. The molecule has 1 heterocycles. The summed E-state index contributed by atoms with van der Waals surface area (Å²) < 4.78 is 0. The highest BCUT2D eigenvalue weighted by Gasteiger charge is 2.19. The van der Waals surface area contributed by atoms with E-state index in [0.29, 0.717) is 18.8 Å². The van der Waals surface area contributed by atoms with Crippen molar-refractivity contribution in [3.63, 3.8) is 0 Å². The molecule has 1 atom stereocenters. The van der Waals surface area contributed by atoms with Crippen LogP contribution in [-0.4, -0.2) is 34.3 Å². The second kappa shape index (κ2) is 5.19. The van der Waals surface area contributed by atoms with E-state index in [0.717, 1.165) is 35.7 Å². The number of benzene rings is 2. The predicted molar refractivity (Wildman–Crippen MR) is 76.1 cm³/mol. The summed E-state index contributed by atoms with van der Waals surface area (Å²) in [6.07, 6.45) is 1.68. The van der Waals surface area contributed by atoms with E-state index in [9.17, 15) is 10.2 Å². The van der Waals surface area contributed by atoms with Crippen LogP contribution in [0.1, 0.15) is 18.4 Å². The van der Waals surface area contributed by atoms with Crippen LogP contribution < -0.4 is 0 Å². The fourth-order valence-corrected chi connectivity index (χ4v) is 2.89. The van der Waals surface area contributed by atoms with Gasteiger partial charge in [0.05, 0.1) is 6.10 Å². The summed E-state index contributed by atoms with van der Waals surface area (Å²) in [7, 11) is 0. The van der Waals surface area contributed by atoms with Gasteiger partial charge in [0.2, 0.25) is 0 Å². The summed E-state index contributed by atoms with van der Waals surface area (Å²) >= 11 is 0. The van der Waals surface area contributed by atoms with Gasteiger partial charge in [0.15, 0.2) is 0 Å². The third-order valence-electron chi connectivity index (χ3n) is 3.88. The molecule has 2 aromatic carbocycles. The van der Waals surface area contributed by atoms with Crippen LogP contribution >= 0.6 is 0 Å². The molecule has 3 heteroatoms. The summed E-state index contributed by atoms with van der Waals surface area (Å²) in [5, 5.41) is 22.1. The number of aliphatic hydroxyl groups is 1. The van der Waals surface area contributed by atoms with Crippen LogP contribution in [0.2, 0.25) is 0 Å². The summed E-state index contributed by atoms with van der Waals surface area (Å²) in [4.78, 5) is 2.22. The molecule has 1 fully saturated rings. The molecular weight excluding hydrogens is 238 g/mol. The quantitative estimate of drug-likeness (QED) is 0.868. The molecular formula is C16H19NO2. The maximum Gasteiger partial charge on any atom is 0.120 e. The lowest BCUT2D eigenvalue weighted by Gasteiger charge is -2.30. The van der Waals surface area contributed by atoms with E-state index in [1.54, 1.807) is 6.07 Å². The smallest absolute Gasteiger partial charge is 0.120 e. The summed E-state index contributed by atoms with van der Waals surface area (Å²) in [5.41, 5.74) is 0.965. The molecule has 19 heavy (non-hydrogen) atoms. The van der Waals surface area contributed by atoms with Crippen molar-refractivity contribution >= 4 is 10.8 Å². The van der Waals surface area contributed by atoms with E-state index in [4.69, 9.17) is 0 Å². The van der Waals surface area contributed by atoms with Gasteiger partial charge in [-0.1, -0.05) is 30.3 Å². The van der Waals surface area contributed by atoms with Crippen LogP contribution in [0.15, 0.2) is 36.4 Å². The van der Waals surface area contributed by atoms with Crippen LogP contribution in [0.25, 0.3) is 10.8 Å². The number of rotatable bonds is 2. The zero-order chi connectivity index (χ0) is 13.2. The maximum absolute atomic E-state index is 10.1. The molecule has 2 aromatic rings. The Bertz CT molecular complexity index is 582. The average molecular weight is 257 g/mol. The molecule has 100 valence electrons. The normalized spacial score (nSPS) is 20.8. The lowest BCUT2D eigenvalue weighted by molar-refractivity contribution is 0.0666. The Morgan fingerprint density at radius 2 is 2.00 bits per heavy atom. The zero-order valence-corrected chi connectivity index (χ0v) is 10.9. The summed E-state index contributed by atoms with van der Waals surface area (Å²) in [6.45, 7) is 2.38. The Morgan fingerprint density at radius 3 is 2.84 bits per heavy atom. The SMILES string of the molecule is Oc1ccc2ccccc2c1CN1CCCC(O)C1. The molecule has 0 radical (unpaired) electrons. The van der Waals surface area contributed by atoms with Gasteiger partial charge in [0, 0.05) is 18.7 Å². The van der Waals surface area contributed by atoms with E-state index in [1.807, 2.05) is 24.3 Å². The fourth-order valence-electron chi connectivity index (χ4n) is 2.89. The monoisotopic (exact) mass is 257 g/mol. The van der Waals surface area contributed by atoms with E-state index in [-0.39, 0.29) is 6.10 Å². The number of aliphatic hydroxyl groups excluding tert-OH is 1. The van der Waals surface area contributed by atoms with Gasteiger partial charge in [-0.25, -0.2) is 0 Å². The molecule has 1 aliphatic rings. The molecule has 0 aliphatic carbocycles. The van der Waals surface area contributed by atoms with Crippen molar-refractivity contribution in [2.24, 2.45) is 0 Å². The topological polar surface area (TPSA) is 43.7 Å². The van der Waals surface area contributed by atoms with E-state index in [2.05, 4.69) is 11.0 Å². The number of aromatic hydroxyl groups is 1. The average Bonchev–Trinajstić information content (AvgIpc) is 2.42. The first-order valence-electron chi connectivity index (χ1n) is 6.84. The molecule has 0 saturated carbocycles. The predicted octanol–water partition coefficient (Wildman–Crippen LogP) is 2.50. The van der Waals surface area contributed by atoms with Crippen molar-refractivity contribution < 1.29 is 10.2 Å². The highest BCUT2D eigenvalue weighted by atomic mass is 16.3. The first kappa shape index (κ1) is 12.5. The maximum atomic E-state index is 10.1. The molecule has 0 amide bonds. The van der Waals surface area contributed by atoms with E-state index >= 15 is 0 Å². The summed E-state index contributed by atoms with van der Waals surface area (Å²) in [5.74, 6) is 0.346. The van der Waals surface area contributed by atoms with Gasteiger partial charge in [-0.2, -0.15) is 0 Å². The minimum Gasteiger partial charge on any atom is -0.508 e. The molecule has 1 saturated heterocycles. The molecule has 3 nitrogen and oxygen atoms in total. The van der Waals surface area contributed by atoms with Crippen molar-refractivity contribution in [2.45, 2.75) is 25.5 Å². The van der Waals surface area contributed by atoms with Gasteiger partial charge in [0.25, 0.3) is 0 Å². The Kier molecular flexibility index (Phi) is 3.40. The van der Waals surface area contributed by atoms with Gasteiger partial charge in [-0.05, 0) is 36.2 Å². The highest BCUT2D eigenvalue weighted by molar-refractivity contribution is 5.87. The Hall–Kier alpha value is -1.58. The Morgan fingerprint density at radius 1 is 1.16 bits per heavy atom. The van der Waals surface area contributed by atoms with Crippen LogP contribution in [0.3, 0.4) is 0 Å². The number of phenols is 1.